The Bertz CT molecular complexity index is 1240. The Balaban J connectivity index is 1.65. The summed E-state index contributed by atoms with van der Waals surface area (Å²) in [5.41, 5.74) is 1.53. The van der Waals surface area contributed by atoms with E-state index in [2.05, 4.69) is 20.9 Å². The lowest BCUT2D eigenvalue weighted by Crippen LogP contribution is -2.23. The van der Waals surface area contributed by atoms with Gasteiger partial charge < -0.3 is 14.6 Å². The van der Waals surface area contributed by atoms with Gasteiger partial charge in [-0.05, 0) is 37.5 Å². The van der Waals surface area contributed by atoms with Gasteiger partial charge in [-0.3, -0.25) is 9.59 Å². The van der Waals surface area contributed by atoms with Crippen molar-refractivity contribution in [2.24, 2.45) is 5.92 Å². The number of methoxy groups -OCH3 is 1. The Hall–Kier alpha value is -2.61. The number of ketones is 1. The van der Waals surface area contributed by atoms with Crippen LogP contribution in [0.25, 0.3) is 10.2 Å². The third-order valence-corrected chi connectivity index (χ3v) is 6.73. The molecular formula is C22H19Cl2N3O3S. The van der Waals surface area contributed by atoms with Crippen LogP contribution in [0.1, 0.15) is 22.5 Å². The van der Waals surface area contributed by atoms with Gasteiger partial charge in [0.2, 0.25) is 5.88 Å². The van der Waals surface area contributed by atoms with E-state index in [-0.39, 0.29) is 5.92 Å². The molecule has 0 aliphatic heterocycles. The molecule has 1 amide bonds. The van der Waals surface area contributed by atoms with Crippen molar-refractivity contribution in [1.82, 2.24) is 9.55 Å². The average Bonchev–Trinajstić information content (AvgIpc) is 3.24. The number of carbonyl (C=O) groups excluding carboxylic acids is 2. The van der Waals surface area contributed by atoms with Crippen LogP contribution in [0.4, 0.5) is 5.69 Å². The number of nitrogens with one attached hydrogen (secondary N) is 1. The number of fused-ring (bicyclic) bond motifs is 1. The average molecular weight is 476 g/mol. The molecule has 31 heavy (non-hydrogen) atoms. The van der Waals surface area contributed by atoms with Crippen LogP contribution in [-0.4, -0.2) is 28.4 Å². The first-order valence-electron chi connectivity index (χ1n) is 9.55. The zero-order chi connectivity index (χ0) is 22.1. The van der Waals surface area contributed by atoms with Gasteiger partial charge in [-0.2, -0.15) is 0 Å². The Morgan fingerprint density at radius 3 is 2.87 bits per heavy atom. The number of carbonyl (C=O) groups is 2. The van der Waals surface area contributed by atoms with Gasteiger partial charge in [0, 0.05) is 40.6 Å². The number of aromatic nitrogens is 2. The minimum Gasteiger partial charge on any atom is -0.481 e. The van der Waals surface area contributed by atoms with Crippen molar-refractivity contribution in [2.75, 3.05) is 12.4 Å². The molecule has 6 nitrogen and oxygen atoms in total. The molecule has 3 heterocycles. The summed E-state index contributed by atoms with van der Waals surface area (Å²) in [5.74, 6) is -0.772. The molecule has 160 valence electrons. The minimum atomic E-state index is -0.731. The fourth-order valence-corrected chi connectivity index (χ4v) is 5.07. The molecule has 0 radical (unpaired) electrons. The highest BCUT2D eigenvalue weighted by Crippen LogP contribution is 2.37. The van der Waals surface area contributed by atoms with Crippen LogP contribution in [-0.2, 0) is 11.3 Å². The molecule has 9 heteroatoms. The Morgan fingerprint density at radius 2 is 2.16 bits per heavy atom. The number of Topliss-reactive ketones (excluding diaryl/α,β-unsaturated/α-hetero) is 1. The van der Waals surface area contributed by atoms with Gasteiger partial charge in [0.05, 0.1) is 17.0 Å². The van der Waals surface area contributed by atoms with E-state index in [1.807, 2.05) is 19.1 Å². The Labute approximate surface area is 193 Å². The molecule has 3 aromatic heterocycles. The van der Waals surface area contributed by atoms with Gasteiger partial charge in [-0.1, -0.05) is 35.4 Å². The van der Waals surface area contributed by atoms with E-state index in [0.29, 0.717) is 33.4 Å². The number of hydrogen-bond donors (Lipinski definition) is 1. The van der Waals surface area contributed by atoms with E-state index in [1.54, 1.807) is 18.2 Å². The Kier molecular flexibility index (Phi) is 6.18. The highest BCUT2D eigenvalue weighted by atomic mass is 35.5. The van der Waals surface area contributed by atoms with Crippen LogP contribution in [0.15, 0.2) is 47.7 Å². The lowest BCUT2D eigenvalue weighted by atomic mass is 10.0. The number of nitrogens with zero attached hydrogens (tertiary/aromatic N) is 2. The van der Waals surface area contributed by atoms with E-state index in [9.17, 15) is 9.59 Å². The maximum atomic E-state index is 13.1. The van der Waals surface area contributed by atoms with Crippen molar-refractivity contribution in [3.8, 4) is 5.88 Å². The molecule has 1 aliphatic rings. The molecule has 0 bridgehead atoms. The smallest absolute Gasteiger partial charge is 0.296 e. The Morgan fingerprint density at radius 1 is 1.35 bits per heavy atom. The van der Waals surface area contributed by atoms with Crippen LogP contribution < -0.4 is 10.1 Å². The predicted octanol–water partition coefficient (Wildman–Crippen LogP) is 5.59. The van der Waals surface area contributed by atoms with E-state index < -0.39 is 11.7 Å². The number of pyridine rings is 1. The molecule has 4 rings (SSSR count). The molecule has 0 fully saturated rings. The molecule has 0 spiro atoms. The molecular weight excluding hydrogens is 457 g/mol. The van der Waals surface area contributed by atoms with E-state index in [4.69, 9.17) is 27.9 Å². The highest BCUT2D eigenvalue weighted by Gasteiger charge is 2.27. The summed E-state index contributed by atoms with van der Waals surface area (Å²) in [6.07, 6.45) is 8.23. The number of amides is 1. The predicted molar refractivity (Wildman–Crippen MR) is 124 cm³/mol. The van der Waals surface area contributed by atoms with Crippen LogP contribution in [0.5, 0.6) is 5.88 Å². The van der Waals surface area contributed by atoms with E-state index in [0.717, 1.165) is 22.0 Å². The third kappa shape index (κ3) is 4.39. The molecule has 0 saturated carbocycles. The topological polar surface area (TPSA) is 73.2 Å². The second-order valence-corrected chi connectivity index (χ2v) is 9.25. The van der Waals surface area contributed by atoms with Crippen LogP contribution >= 0.6 is 34.5 Å². The maximum absolute atomic E-state index is 13.1. The first kappa shape index (κ1) is 21.6. The first-order valence-corrected chi connectivity index (χ1v) is 11.1. The summed E-state index contributed by atoms with van der Waals surface area (Å²) in [4.78, 5) is 30.8. The summed E-state index contributed by atoms with van der Waals surface area (Å²) in [7, 11) is 1.48. The number of anilines is 1. The number of allylic oxidation sites excluding steroid dienone is 4. The third-order valence-electron chi connectivity index (χ3n) is 5.16. The van der Waals surface area contributed by atoms with Gasteiger partial charge in [0.25, 0.3) is 11.7 Å². The summed E-state index contributed by atoms with van der Waals surface area (Å²) in [6, 6.07) is 4.89. The van der Waals surface area contributed by atoms with Crippen molar-refractivity contribution in [3.63, 3.8) is 0 Å². The van der Waals surface area contributed by atoms with Gasteiger partial charge in [0.15, 0.2) is 0 Å². The summed E-state index contributed by atoms with van der Waals surface area (Å²) >= 11 is 13.7. The normalized spacial score (nSPS) is 15.7. The largest absolute Gasteiger partial charge is 0.481 e. The molecule has 1 unspecified atom stereocenters. The quantitative estimate of drug-likeness (QED) is 0.372. The minimum absolute atomic E-state index is 0.235. The molecule has 0 aromatic carbocycles. The second kappa shape index (κ2) is 8.86. The number of hydrogen-bond acceptors (Lipinski definition) is 5. The fourth-order valence-electron chi connectivity index (χ4n) is 3.63. The van der Waals surface area contributed by atoms with Crippen molar-refractivity contribution in [2.45, 2.75) is 19.9 Å². The molecule has 1 aliphatic carbocycles. The molecule has 3 aromatic rings. The molecule has 1 atom stereocenters. The van der Waals surface area contributed by atoms with Crippen molar-refractivity contribution >= 4 is 62.1 Å². The monoisotopic (exact) mass is 475 g/mol. The van der Waals surface area contributed by atoms with Crippen LogP contribution in [0.3, 0.4) is 0 Å². The molecule has 1 N–H and O–H groups in total. The lowest BCUT2D eigenvalue weighted by Gasteiger charge is -2.17. The van der Waals surface area contributed by atoms with Gasteiger partial charge in [-0.25, -0.2) is 4.98 Å². The van der Waals surface area contributed by atoms with Crippen molar-refractivity contribution in [1.29, 1.82) is 0 Å². The summed E-state index contributed by atoms with van der Waals surface area (Å²) in [5, 5.41) is 4.04. The van der Waals surface area contributed by atoms with E-state index >= 15 is 0 Å². The maximum Gasteiger partial charge on any atom is 0.296 e. The highest BCUT2D eigenvalue weighted by molar-refractivity contribution is 7.22. The lowest BCUT2D eigenvalue weighted by molar-refractivity contribution is -0.112. The van der Waals surface area contributed by atoms with E-state index in [1.165, 1.54) is 24.6 Å². The number of ether oxygens (including phenoxy) is 1. The van der Waals surface area contributed by atoms with Crippen LogP contribution in [0.2, 0.25) is 4.34 Å². The number of thiophene rings is 1. The van der Waals surface area contributed by atoms with Crippen molar-refractivity contribution < 1.29 is 14.3 Å². The van der Waals surface area contributed by atoms with Gasteiger partial charge in [0.1, 0.15) is 4.83 Å². The zero-order valence-corrected chi connectivity index (χ0v) is 19.1. The zero-order valence-electron chi connectivity index (χ0n) is 16.8. The number of halogens is 2. The van der Waals surface area contributed by atoms with Crippen LogP contribution in [0, 0.1) is 12.8 Å². The fraction of sp³-hybridized carbons (Fsp3) is 0.227. The van der Waals surface area contributed by atoms with Gasteiger partial charge in [-0.15, -0.1) is 11.3 Å². The van der Waals surface area contributed by atoms with Crippen molar-refractivity contribution in [3.05, 3.63) is 63.2 Å². The number of rotatable bonds is 6. The molecule has 0 saturated heterocycles. The summed E-state index contributed by atoms with van der Waals surface area (Å²) in [6.45, 7) is 2.51. The first-order chi connectivity index (χ1) is 14.9. The SMILES string of the molecule is COc1cc(NC(=O)C(=O)c2c(C)n(CC3C=CC(Cl)=CC3)c3sc(Cl)cc23)ccn1. The standard InChI is InChI=1S/C22H19Cl2N3O3S/c1-12-19(20(28)21(29)26-15-7-8-25-18(9-15)30-2)16-10-17(24)31-22(16)27(12)11-13-3-5-14(23)6-4-13/h3,5-10,13H,4,11H2,1-2H3,(H,25,26,29). The summed E-state index contributed by atoms with van der Waals surface area (Å²) < 4.78 is 7.68. The second-order valence-electron chi connectivity index (χ2n) is 7.15. The van der Waals surface area contributed by atoms with Gasteiger partial charge >= 0.3 is 0 Å².